The van der Waals surface area contributed by atoms with Gasteiger partial charge in [-0.2, -0.15) is 4.98 Å². The summed E-state index contributed by atoms with van der Waals surface area (Å²) in [5.74, 6) is 0.475. The molecule has 1 fully saturated rings. The Morgan fingerprint density at radius 1 is 1.30 bits per heavy atom. The summed E-state index contributed by atoms with van der Waals surface area (Å²) in [7, 11) is 1.61. The van der Waals surface area contributed by atoms with E-state index in [4.69, 9.17) is 4.74 Å². The van der Waals surface area contributed by atoms with Crippen LogP contribution in [0.15, 0.2) is 35.4 Å². The van der Waals surface area contributed by atoms with Gasteiger partial charge >= 0.3 is 0 Å². The Balaban J connectivity index is 1.48. The molecular weight excluding hydrogens is 402 g/mol. The Bertz CT molecular complexity index is 1100. The Morgan fingerprint density at radius 2 is 2.10 bits per heavy atom. The minimum atomic E-state index is -0.255. The maximum Gasteiger partial charge on any atom is 0.273 e. The number of piperidine rings is 1. The maximum atomic E-state index is 12.9. The normalized spacial score (nSPS) is 15.2. The number of nitrogens with one attached hydrogen (secondary N) is 1. The molecule has 0 radical (unpaired) electrons. The molecule has 30 heavy (non-hydrogen) atoms. The van der Waals surface area contributed by atoms with Gasteiger partial charge in [-0.25, -0.2) is 4.98 Å². The summed E-state index contributed by atoms with van der Waals surface area (Å²) in [5.41, 5.74) is 1.15. The lowest BCUT2D eigenvalue weighted by Gasteiger charge is -2.25. The lowest BCUT2D eigenvalue weighted by molar-refractivity contribution is -0.122. The molecule has 1 N–H and O–H groups in total. The van der Waals surface area contributed by atoms with Crippen molar-refractivity contribution >= 4 is 32.7 Å². The van der Waals surface area contributed by atoms with Crippen LogP contribution in [-0.4, -0.2) is 40.6 Å². The Hall–Kier alpha value is -2.94. The minimum absolute atomic E-state index is 0.0902. The molecule has 4 rings (SSSR count). The molecule has 1 atom stereocenters. The minimum Gasteiger partial charge on any atom is -0.497 e. The summed E-state index contributed by atoms with van der Waals surface area (Å²) in [6.07, 6.45) is 4.91. The lowest BCUT2D eigenvalue weighted by atomic mass is 10.1. The van der Waals surface area contributed by atoms with Crippen molar-refractivity contribution in [2.45, 2.75) is 38.8 Å². The van der Waals surface area contributed by atoms with E-state index in [-0.39, 0.29) is 24.1 Å². The average Bonchev–Trinajstić information content (AvgIpc) is 3.21. The fourth-order valence-electron chi connectivity index (χ4n) is 3.60. The summed E-state index contributed by atoms with van der Waals surface area (Å²) in [6, 6.07) is 7.32. The van der Waals surface area contributed by atoms with Crippen LogP contribution in [0.4, 0.5) is 5.13 Å². The van der Waals surface area contributed by atoms with Crippen LogP contribution in [-0.2, 0) is 11.3 Å². The van der Waals surface area contributed by atoms with Crippen molar-refractivity contribution in [1.29, 1.82) is 0 Å². The predicted molar refractivity (Wildman–Crippen MR) is 117 cm³/mol. The highest BCUT2D eigenvalue weighted by Crippen LogP contribution is 2.27. The third kappa shape index (κ3) is 4.30. The highest BCUT2D eigenvalue weighted by molar-refractivity contribution is 7.22. The van der Waals surface area contributed by atoms with Gasteiger partial charge in [0.05, 0.1) is 13.2 Å². The number of carbonyl (C=O) groups excluding carboxylic acids is 1. The van der Waals surface area contributed by atoms with Crippen molar-refractivity contribution < 1.29 is 9.53 Å². The van der Waals surface area contributed by atoms with Gasteiger partial charge in [0.15, 0.2) is 10.8 Å². The van der Waals surface area contributed by atoms with Crippen LogP contribution < -0.4 is 20.5 Å². The van der Waals surface area contributed by atoms with Crippen LogP contribution in [0.5, 0.6) is 5.75 Å². The van der Waals surface area contributed by atoms with E-state index in [1.807, 2.05) is 31.2 Å². The highest BCUT2D eigenvalue weighted by Gasteiger charge is 2.19. The van der Waals surface area contributed by atoms with Crippen molar-refractivity contribution in [3.63, 3.8) is 0 Å². The van der Waals surface area contributed by atoms with Crippen LogP contribution in [0.2, 0.25) is 0 Å². The Morgan fingerprint density at radius 3 is 2.87 bits per heavy atom. The molecular formula is C21H25N5O3S. The quantitative estimate of drug-likeness (QED) is 0.651. The summed E-state index contributed by atoms with van der Waals surface area (Å²) in [4.78, 5) is 36.5. The standard InChI is InChI=1S/C21H25N5O3S/c1-14(15-7-6-8-16(11-15)29-2)23-17(27)12-26-13-22-19-18(20(26)28)30-21(24-19)25-9-4-3-5-10-25/h6-8,11,13-14H,3-5,9-10,12H2,1-2H3,(H,23,27). The van der Waals surface area contributed by atoms with Gasteiger partial charge in [0.1, 0.15) is 23.3 Å². The third-order valence-corrected chi connectivity index (χ3v) is 6.38. The molecule has 1 unspecified atom stereocenters. The molecule has 2 aromatic heterocycles. The van der Waals surface area contributed by atoms with E-state index in [1.54, 1.807) is 7.11 Å². The van der Waals surface area contributed by atoms with Crippen LogP contribution in [0, 0.1) is 0 Å². The fraction of sp³-hybridized carbons (Fsp3) is 0.429. The van der Waals surface area contributed by atoms with E-state index < -0.39 is 0 Å². The van der Waals surface area contributed by atoms with E-state index in [9.17, 15) is 9.59 Å². The number of methoxy groups -OCH3 is 1. The zero-order valence-electron chi connectivity index (χ0n) is 17.1. The second kappa shape index (κ2) is 8.83. The highest BCUT2D eigenvalue weighted by atomic mass is 32.1. The van der Waals surface area contributed by atoms with Crippen LogP contribution in [0.1, 0.15) is 37.8 Å². The van der Waals surface area contributed by atoms with E-state index in [0.29, 0.717) is 10.3 Å². The Labute approximate surface area is 178 Å². The van der Waals surface area contributed by atoms with Gasteiger partial charge < -0.3 is 15.0 Å². The van der Waals surface area contributed by atoms with E-state index in [1.165, 1.54) is 28.7 Å². The number of hydrogen-bond acceptors (Lipinski definition) is 7. The molecule has 0 aliphatic carbocycles. The van der Waals surface area contributed by atoms with Gasteiger partial charge in [0, 0.05) is 13.1 Å². The average molecular weight is 428 g/mol. The van der Waals surface area contributed by atoms with Gasteiger partial charge in [-0.1, -0.05) is 23.5 Å². The second-order valence-electron chi connectivity index (χ2n) is 7.44. The third-order valence-electron chi connectivity index (χ3n) is 5.28. The number of rotatable bonds is 6. The molecule has 158 valence electrons. The number of thiazole rings is 1. The zero-order chi connectivity index (χ0) is 21.1. The monoisotopic (exact) mass is 427 g/mol. The van der Waals surface area contributed by atoms with Gasteiger partial charge in [0.2, 0.25) is 5.91 Å². The molecule has 1 saturated heterocycles. The number of nitrogens with zero attached hydrogens (tertiary/aromatic N) is 4. The fourth-order valence-corrected chi connectivity index (χ4v) is 4.62. The lowest BCUT2D eigenvalue weighted by Crippen LogP contribution is -2.33. The first-order valence-electron chi connectivity index (χ1n) is 10.1. The van der Waals surface area contributed by atoms with Gasteiger partial charge in [0.25, 0.3) is 5.56 Å². The van der Waals surface area contributed by atoms with E-state index in [0.717, 1.165) is 42.4 Å². The summed E-state index contributed by atoms with van der Waals surface area (Å²) in [5, 5.41) is 3.76. The number of aromatic nitrogens is 3. The van der Waals surface area contributed by atoms with Crippen LogP contribution in [0.3, 0.4) is 0 Å². The number of anilines is 1. The molecule has 9 heteroatoms. The van der Waals surface area contributed by atoms with E-state index in [2.05, 4.69) is 20.2 Å². The first-order valence-corrected chi connectivity index (χ1v) is 10.9. The first-order chi connectivity index (χ1) is 14.5. The summed E-state index contributed by atoms with van der Waals surface area (Å²) < 4.78 is 7.07. The zero-order valence-corrected chi connectivity index (χ0v) is 17.9. The van der Waals surface area contributed by atoms with Crippen molar-refractivity contribution in [1.82, 2.24) is 19.9 Å². The van der Waals surface area contributed by atoms with Gasteiger partial charge in [-0.15, -0.1) is 0 Å². The largest absolute Gasteiger partial charge is 0.497 e. The van der Waals surface area contributed by atoms with Crippen molar-refractivity contribution in [3.8, 4) is 5.75 Å². The van der Waals surface area contributed by atoms with Crippen LogP contribution in [0.25, 0.3) is 10.3 Å². The molecule has 3 heterocycles. The molecule has 0 saturated carbocycles. The number of fused-ring (bicyclic) bond motifs is 1. The molecule has 1 aliphatic rings. The second-order valence-corrected chi connectivity index (χ2v) is 8.42. The number of ether oxygens (including phenoxy) is 1. The summed E-state index contributed by atoms with van der Waals surface area (Å²) in [6.45, 7) is 3.72. The molecule has 3 aromatic rings. The molecule has 1 aliphatic heterocycles. The number of hydrogen-bond donors (Lipinski definition) is 1. The van der Waals surface area contributed by atoms with Gasteiger partial charge in [-0.3, -0.25) is 14.2 Å². The molecule has 0 spiro atoms. The van der Waals surface area contributed by atoms with Crippen molar-refractivity contribution in [3.05, 3.63) is 46.5 Å². The number of carbonyl (C=O) groups is 1. The molecule has 0 bridgehead atoms. The van der Waals surface area contributed by atoms with E-state index >= 15 is 0 Å². The van der Waals surface area contributed by atoms with Crippen molar-refractivity contribution in [2.24, 2.45) is 0 Å². The predicted octanol–water partition coefficient (Wildman–Crippen LogP) is 2.73. The SMILES string of the molecule is COc1cccc(C(C)NC(=O)Cn2cnc3nc(N4CCCCC4)sc3c2=O)c1. The van der Waals surface area contributed by atoms with Gasteiger partial charge in [-0.05, 0) is 43.9 Å². The Kier molecular flexibility index (Phi) is 5.98. The summed E-state index contributed by atoms with van der Waals surface area (Å²) >= 11 is 1.36. The van der Waals surface area contributed by atoms with Crippen LogP contribution >= 0.6 is 11.3 Å². The smallest absolute Gasteiger partial charge is 0.273 e. The number of amides is 1. The topological polar surface area (TPSA) is 89.3 Å². The van der Waals surface area contributed by atoms with Crippen molar-refractivity contribution in [2.75, 3.05) is 25.1 Å². The molecule has 1 aromatic carbocycles. The first kappa shape index (κ1) is 20.3. The molecule has 1 amide bonds. The maximum absolute atomic E-state index is 12.9. The molecule has 8 nitrogen and oxygen atoms in total. The number of benzene rings is 1.